The maximum atomic E-state index is 5.46. The minimum atomic E-state index is 0.335. The van der Waals surface area contributed by atoms with Crippen LogP contribution in [0.15, 0.2) is 24.3 Å². The lowest BCUT2D eigenvalue weighted by molar-refractivity contribution is 0.239. The Bertz CT molecular complexity index is 381. The number of ether oxygens (including phenoxy) is 1. The molecule has 1 fully saturated rings. The van der Waals surface area contributed by atoms with Crippen molar-refractivity contribution in [3.8, 4) is 5.75 Å². The zero-order chi connectivity index (χ0) is 13.0. The van der Waals surface area contributed by atoms with Gasteiger partial charge in [0.25, 0.3) is 0 Å². The van der Waals surface area contributed by atoms with Crippen molar-refractivity contribution in [2.45, 2.75) is 31.8 Å². The molecular formula is C15H24N2O. The summed E-state index contributed by atoms with van der Waals surface area (Å²) in [4.78, 5) is 2.56. The molecule has 0 spiro atoms. The van der Waals surface area contributed by atoms with Gasteiger partial charge in [-0.05, 0) is 39.4 Å². The Kier molecular flexibility index (Phi) is 4.61. The number of likely N-dealkylation sites (tertiary alicyclic amines) is 1. The van der Waals surface area contributed by atoms with Crippen molar-refractivity contribution >= 4 is 0 Å². The van der Waals surface area contributed by atoms with Gasteiger partial charge in [0.15, 0.2) is 0 Å². The topological polar surface area (TPSA) is 24.5 Å². The first kappa shape index (κ1) is 13.4. The lowest BCUT2D eigenvalue weighted by Gasteiger charge is -2.28. The Morgan fingerprint density at radius 2 is 2.22 bits per heavy atom. The van der Waals surface area contributed by atoms with Gasteiger partial charge in [0.1, 0.15) is 5.75 Å². The van der Waals surface area contributed by atoms with E-state index in [1.165, 1.54) is 24.9 Å². The summed E-state index contributed by atoms with van der Waals surface area (Å²) in [5, 5.41) is 3.42. The lowest BCUT2D eigenvalue weighted by atomic mass is 10.0. The first-order valence-corrected chi connectivity index (χ1v) is 6.80. The minimum absolute atomic E-state index is 0.335. The third kappa shape index (κ3) is 2.85. The third-order valence-electron chi connectivity index (χ3n) is 3.97. The molecule has 1 aliphatic heterocycles. The quantitative estimate of drug-likeness (QED) is 0.866. The second kappa shape index (κ2) is 6.21. The molecule has 1 aromatic rings. The van der Waals surface area contributed by atoms with E-state index in [9.17, 15) is 0 Å². The summed E-state index contributed by atoms with van der Waals surface area (Å²) in [6, 6.07) is 9.33. The molecule has 0 saturated carbocycles. The Balaban J connectivity index is 2.12. The second-order valence-corrected chi connectivity index (χ2v) is 5.07. The van der Waals surface area contributed by atoms with Crippen LogP contribution in [0, 0.1) is 0 Å². The molecule has 0 aliphatic carbocycles. The van der Waals surface area contributed by atoms with Gasteiger partial charge in [-0.3, -0.25) is 4.90 Å². The smallest absolute Gasteiger partial charge is 0.123 e. The Morgan fingerprint density at radius 1 is 1.44 bits per heavy atom. The summed E-state index contributed by atoms with van der Waals surface area (Å²) in [6.45, 7) is 4.59. The molecule has 1 aliphatic rings. The number of hydrogen-bond donors (Lipinski definition) is 1. The van der Waals surface area contributed by atoms with Gasteiger partial charge >= 0.3 is 0 Å². The van der Waals surface area contributed by atoms with Crippen molar-refractivity contribution < 1.29 is 4.74 Å². The summed E-state index contributed by atoms with van der Waals surface area (Å²) in [5.74, 6) is 0.976. The largest absolute Gasteiger partial charge is 0.496 e. The van der Waals surface area contributed by atoms with Crippen LogP contribution in [-0.4, -0.2) is 38.2 Å². The number of methoxy groups -OCH3 is 1. The fourth-order valence-corrected chi connectivity index (χ4v) is 2.80. The number of rotatable bonds is 5. The first-order valence-electron chi connectivity index (χ1n) is 6.80. The molecule has 2 rings (SSSR count). The van der Waals surface area contributed by atoms with E-state index < -0.39 is 0 Å². The normalized spacial score (nSPS) is 22.1. The summed E-state index contributed by atoms with van der Waals surface area (Å²) in [5.41, 5.74) is 1.25. The second-order valence-electron chi connectivity index (χ2n) is 5.07. The van der Waals surface area contributed by atoms with Gasteiger partial charge in [-0.15, -0.1) is 0 Å². The van der Waals surface area contributed by atoms with E-state index in [0.717, 1.165) is 12.3 Å². The molecule has 1 saturated heterocycles. The molecule has 1 heterocycles. The molecule has 18 heavy (non-hydrogen) atoms. The molecule has 0 radical (unpaired) electrons. The fourth-order valence-electron chi connectivity index (χ4n) is 2.80. The summed E-state index contributed by atoms with van der Waals surface area (Å²) >= 11 is 0. The van der Waals surface area contributed by atoms with Crippen molar-refractivity contribution in [2.75, 3.05) is 27.2 Å². The van der Waals surface area contributed by atoms with E-state index in [0.29, 0.717) is 12.1 Å². The number of hydrogen-bond acceptors (Lipinski definition) is 3. The van der Waals surface area contributed by atoms with Gasteiger partial charge in [0.05, 0.1) is 7.11 Å². The van der Waals surface area contributed by atoms with Crippen molar-refractivity contribution in [3.63, 3.8) is 0 Å². The van der Waals surface area contributed by atoms with Crippen LogP contribution in [-0.2, 0) is 0 Å². The number of likely N-dealkylation sites (N-methyl/N-ethyl adjacent to an activating group) is 1. The van der Waals surface area contributed by atoms with Crippen LogP contribution < -0.4 is 10.1 Å². The molecule has 0 amide bonds. The molecule has 100 valence electrons. The van der Waals surface area contributed by atoms with Crippen LogP contribution in [0.1, 0.15) is 31.4 Å². The zero-order valence-electron chi connectivity index (χ0n) is 11.6. The van der Waals surface area contributed by atoms with E-state index in [1.54, 1.807) is 7.11 Å². The molecular weight excluding hydrogens is 224 g/mol. The lowest BCUT2D eigenvalue weighted by Crippen LogP contribution is -2.35. The van der Waals surface area contributed by atoms with E-state index in [2.05, 4.69) is 29.3 Å². The maximum Gasteiger partial charge on any atom is 0.123 e. The number of para-hydroxylation sites is 1. The Hall–Kier alpha value is -1.06. The average molecular weight is 248 g/mol. The van der Waals surface area contributed by atoms with Gasteiger partial charge in [-0.25, -0.2) is 0 Å². The molecule has 3 nitrogen and oxygen atoms in total. The molecule has 0 aromatic heterocycles. The maximum absolute atomic E-state index is 5.46. The van der Waals surface area contributed by atoms with Crippen LogP contribution >= 0.6 is 0 Å². The number of nitrogens with zero attached hydrogens (tertiary/aromatic N) is 1. The van der Waals surface area contributed by atoms with Gasteiger partial charge in [-0.1, -0.05) is 18.2 Å². The minimum Gasteiger partial charge on any atom is -0.496 e. The third-order valence-corrected chi connectivity index (χ3v) is 3.97. The fraction of sp³-hybridized carbons (Fsp3) is 0.600. The highest BCUT2D eigenvalue weighted by Crippen LogP contribution is 2.27. The van der Waals surface area contributed by atoms with E-state index in [4.69, 9.17) is 4.74 Å². The van der Waals surface area contributed by atoms with Crippen molar-refractivity contribution in [1.82, 2.24) is 10.2 Å². The standard InChI is InChI=1S/C15H24N2O/c1-12-7-6-10-17(12)11-14(16-2)13-8-4-5-9-15(13)18-3/h4-5,8-9,12,14,16H,6-7,10-11H2,1-3H3. The predicted molar refractivity (Wildman–Crippen MR) is 75.1 cm³/mol. The molecule has 1 aromatic carbocycles. The first-order chi connectivity index (χ1) is 8.76. The predicted octanol–water partition coefficient (Wildman–Crippen LogP) is 2.44. The van der Waals surface area contributed by atoms with Gasteiger partial charge in [-0.2, -0.15) is 0 Å². The van der Waals surface area contributed by atoms with E-state index >= 15 is 0 Å². The average Bonchev–Trinajstić information content (AvgIpc) is 2.81. The van der Waals surface area contributed by atoms with Crippen LogP contribution in [0.3, 0.4) is 0 Å². The van der Waals surface area contributed by atoms with Crippen LogP contribution in [0.2, 0.25) is 0 Å². The summed E-state index contributed by atoms with van der Waals surface area (Å²) in [6.07, 6.45) is 2.64. The molecule has 2 unspecified atom stereocenters. The molecule has 0 bridgehead atoms. The zero-order valence-corrected chi connectivity index (χ0v) is 11.6. The number of benzene rings is 1. The monoisotopic (exact) mass is 248 g/mol. The number of nitrogens with one attached hydrogen (secondary N) is 1. The van der Waals surface area contributed by atoms with Gasteiger partial charge in [0.2, 0.25) is 0 Å². The highest BCUT2D eigenvalue weighted by atomic mass is 16.5. The van der Waals surface area contributed by atoms with Gasteiger partial charge in [0, 0.05) is 24.2 Å². The van der Waals surface area contributed by atoms with Crippen molar-refractivity contribution in [3.05, 3.63) is 29.8 Å². The van der Waals surface area contributed by atoms with E-state index in [-0.39, 0.29) is 0 Å². The summed E-state index contributed by atoms with van der Waals surface area (Å²) < 4.78 is 5.46. The molecule has 2 atom stereocenters. The molecule has 1 N–H and O–H groups in total. The summed E-state index contributed by atoms with van der Waals surface area (Å²) in [7, 11) is 3.77. The Morgan fingerprint density at radius 3 is 2.83 bits per heavy atom. The van der Waals surface area contributed by atoms with E-state index in [1.807, 2.05) is 19.2 Å². The van der Waals surface area contributed by atoms with Crippen LogP contribution in [0.5, 0.6) is 5.75 Å². The highest BCUT2D eigenvalue weighted by molar-refractivity contribution is 5.36. The molecule has 3 heteroatoms. The van der Waals surface area contributed by atoms with Crippen LogP contribution in [0.4, 0.5) is 0 Å². The SMILES string of the molecule is CNC(CN1CCCC1C)c1ccccc1OC. The van der Waals surface area contributed by atoms with Crippen molar-refractivity contribution in [1.29, 1.82) is 0 Å². The van der Waals surface area contributed by atoms with Gasteiger partial charge < -0.3 is 10.1 Å². The van der Waals surface area contributed by atoms with Crippen LogP contribution in [0.25, 0.3) is 0 Å². The highest BCUT2D eigenvalue weighted by Gasteiger charge is 2.24. The Labute approximate surface area is 110 Å². The van der Waals surface area contributed by atoms with Crippen molar-refractivity contribution in [2.24, 2.45) is 0 Å².